The molecule has 0 amide bonds. The van der Waals surface area contributed by atoms with E-state index in [1.54, 1.807) is 24.3 Å². The summed E-state index contributed by atoms with van der Waals surface area (Å²) in [4.78, 5) is 0.964. The molecular weight excluding hydrogens is 290 g/mol. The van der Waals surface area contributed by atoms with E-state index in [9.17, 15) is 8.78 Å². The highest BCUT2D eigenvalue weighted by Gasteiger charge is 2.48. The van der Waals surface area contributed by atoms with E-state index in [0.717, 1.165) is 16.0 Å². The zero-order valence-electron chi connectivity index (χ0n) is 11.5. The van der Waals surface area contributed by atoms with Gasteiger partial charge in [-0.2, -0.15) is 0 Å². The fourth-order valence-electron chi connectivity index (χ4n) is 2.18. The van der Waals surface area contributed by atoms with Crippen LogP contribution in [0.25, 0.3) is 0 Å². The molecule has 21 heavy (non-hydrogen) atoms. The van der Waals surface area contributed by atoms with Crippen LogP contribution in [0.15, 0.2) is 64.4 Å². The summed E-state index contributed by atoms with van der Waals surface area (Å²) in [6, 6.07) is 12.7. The third-order valence-electron chi connectivity index (χ3n) is 3.57. The Labute approximate surface area is 126 Å². The summed E-state index contributed by atoms with van der Waals surface area (Å²) in [5, 5.41) is 2.00. The Bertz CT molecular complexity index is 658. The van der Waals surface area contributed by atoms with Crippen LogP contribution < -0.4 is 0 Å². The monoisotopic (exact) mass is 304 g/mol. The lowest BCUT2D eigenvalue weighted by atomic mass is 9.94. The van der Waals surface area contributed by atoms with Gasteiger partial charge in [0.15, 0.2) is 0 Å². The van der Waals surface area contributed by atoms with Gasteiger partial charge in [-0.1, -0.05) is 23.9 Å². The molecule has 2 aromatic carbocycles. The molecule has 0 bridgehead atoms. The molecule has 0 N–H and O–H groups in total. The van der Waals surface area contributed by atoms with Crippen LogP contribution in [0.1, 0.15) is 12.5 Å². The molecular formula is C17H14F2OS. The number of ether oxygens (including phenoxy) is 1. The zero-order chi connectivity index (χ0) is 14.9. The number of halogens is 2. The molecule has 1 aliphatic heterocycles. The van der Waals surface area contributed by atoms with Gasteiger partial charge in [0.2, 0.25) is 0 Å². The van der Waals surface area contributed by atoms with Crippen LogP contribution in [0.3, 0.4) is 0 Å². The molecule has 1 atom stereocenters. The van der Waals surface area contributed by atoms with E-state index in [1.165, 1.54) is 36.0 Å². The van der Waals surface area contributed by atoms with Crippen LogP contribution in [0.4, 0.5) is 8.78 Å². The maximum atomic E-state index is 13.0. The Balaban J connectivity index is 1.77. The molecule has 3 rings (SSSR count). The van der Waals surface area contributed by atoms with E-state index in [1.807, 2.05) is 12.3 Å². The Morgan fingerprint density at radius 2 is 1.57 bits per heavy atom. The molecule has 0 spiro atoms. The van der Waals surface area contributed by atoms with Gasteiger partial charge in [0.05, 0.1) is 6.61 Å². The summed E-state index contributed by atoms with van der Waals surface area (Å²) in [5.74, 6) is -0.495. The van der Waals surface area contributed by atoms with Gasteiger partial charge >= 0.3 is 0 Å². The maximum Gasteiger partial charge on any atom is 0.138 e. The third kappa shape index (κ3) is 3.01. The lowest BCUT2D eigenvalue weighted by molar-refractivity contribution is 0.344. The van der Waals surface area contributed by atoms with Crippen molar-refractivity contribution in [3.63, 3.8) is 0 Å². The second-order valence-corrected chi connectivity index (χ2v) is 5.94. The Morgan fingerprint density at radius 3 is 2.10 bits per heavy atom. The number of hydrogen-bond donors (Lipinski definition) is 0. The smallest absolute Gasteiger partial charge is 0.138 e. The predicted octanol–water partition coefficient (Wildman–Crippen LogP) is 4.89. The number of benzene rings is 2. The summed E-state index contributed by atoms with van der Waals surface area (Å²) >= 11 is 1.52. The van der Waals surface area contributed by atoms with Crippen LogP contribution in [0, 0.1) is 11.6 Å². The zero-order valence-corrected chi connectivity index (χ0v) is 12.3. The molecule has 0 saturated carbocycles. The van der Waals surface area contributed by atoms with Crippen molar-refractivity contribution in [2.45, 2.75) is 17.4 Å². The molecule has 1 heterocycles. The SMILES string of the molecule is CC(=CSc1ccc(F)cc1)C1(c2ccc(F)cc2)CO1. The molecule has 0 radical (unpaired) electrons. The summed E-state index contributed by atoms with van der Waals surface area (Å²) in [6.45, 7) is 2.60. The number of rotatable bonds is 4. The van der Waals surface area contributed by atoms with E-state index in [4.69, 9.17) is 4.74 Å². The molecule has 1 saturated heterocycles. The fourth-order valence-corrected chi connectivity index (χ4v) is 2.97. The van der Waals surface area contributed by atoms with Crippen molar-refractivity contribution in [3.05, 3.63) is 76.7 Å². The molecule has 1 unspecified atom stereocenters. The third-order valence-corrected chi connectivity index (χ3v) is 4.58. The number of hydrogen-bond acceptors (Lipinski definition) is 2. The van der Waals surface area contributed by atoms with Crippen molar-refractivity contribution >= 4 is 11.8 Å². The molecule has 1 nitrogen and oxygen atoms in total. The standard InChI is InChI=1S/C17H14F2OS/c1-12(10-21-16-8-6-15(19)7-9-16)17(11-20-17)13-2-4-14(18)5-3-13/h2-10H,11H2,1H3. The highest BCUT2D eigenvalue weighted by molar-refractivity contribution is 8.02. The van der Waals surface area contributed by atoms with Crippen molar-refractivity contribution in [1.82, 2.24) is 0 Å². The van der Waals surface area contributed by atoms with Crippen molar-refractivity contribution in [2.24, 2.45) is 0 Å². The molecule has 108 valence electrons. The van der Waals surface area contributed by atoms with E-state index in [0.29, 0.717) is 6.61 Å². The Morgan fingerprint density at radius 1 is 1.05 bits per heavy atom. The highest BCUT2D eigenvalue weighted by atomic mass is 32.2. The van der Waals surface area contributed by atoms with Gasteiger partial charge in [0.25, 0.3) is 0 Å². The number of epoxide rings is 1. The Kier molecular flexibility index (Phi) is 3.83. The van der Waals surface area contributed by atoms with E-state index >= 15 is 0 Å². The summed E-state index contributed by atoms with van der Waals surface area (Å²) in [6.07, 6.45) is 0. The van der Waals surface area contributed by atoms with Crippen LogP contribution in [0.5, 0.6) is 0 Å². The molecule has 4 heteroatoms. The lowest BCUT2D eigenvalue weighted by Gasteiger charge is -2.13. The first kappa shape index (κ1) is 14.3. The topological polar surface area (TPSA) is 12.5 Å². The van der Waals surface area contributed by atoms with E-state index in [-0.39, 0.29) is 11.6 Å². The van der Waals surface area contributed by atoms with E-state index < -0.39 is 5.60 Å². The quantitative estimate of drug-likeness (QED) is 0.589. The van der Waals surface area contributed by atoms with E-state index in [2.05, 4.69) is 0 Å². The van der Waals surface area contributed by atoms with Gasteiger partial charge in [0, 0.05) is 4.90 Å². The minimum absolute atomic E-state index is 0.242. The predicted molar refractivity (Wildman–Crippen MR) is 80.0 cm³/mol. The van der Waals surface area contributed by atoms with Gasteiger partial charge in [0.1, 0.15) is 17.2 Å². The van der Waals surface area contributed by atoms with Gasteiger partial charge in [-0.15, -0.1) is 0 Å². The average Bonchev–Trinajstić information content (AvgIpc) is 3.29. The van der Waals surface area contributed by atoms with Crippen molar-refractivity contribution in [3.8, 4) is 0 Å². The molecule has 1 fully saturated rings. The largest absolute Gasteiger partial charge is 0.360 e. The summed E-state index contributed by atoms with van der Waals surface area (Å²) < 4.78 is 31.5. The van der Waals surface area contributed by atoms with Gasteiger partial charge < -0.3 is 4.74 Å². The van der Waals surface area contributed by atoms with Crippen LogP contribution >= 0.6 is 11.8 Å². The van der Waals surface area contributed by atoms with Gasteiger partial charge in [-0.3, -0.25) is 0 Å². The fraction of sp³-hybridized carbons (Fsp3) is 0.176. The molecule has 0 aromatic heterocycles. The van der Waals surface area contributed by atoms with Crippen molar-refractivity contribution in [1.29, 1.82) is 0 Å². The van der Waals surface area contributed by atoms with Gasteiger partial charge in [-0.05, 0) is 59.9 Å². The average molecular weight is 304 g/mol. The maximum absolute atomic E-state index is 13.0. The van der Waals surface area contributed by atoms with Crippen LogP contribution in [0.2, 0.25) is 0 Å². The normalized spacial score (nSPS) is 21.4. The first-order valence-corrected chi connectivity index (χ1v) is 7.48. The van der Waals surface area contributed by atoms with Crippen molar-refractivity contribution < 1.29 is 13.5 Å². The summed E-state index contributed by atoms with van der Waals surface area (Å²) in [5.41, 5.74) is 1.58. The highest BCUT2D eigenvalue weighted by Crippen LogP contribution is 2.46. The van der Waals surface area contributed by atoms with Gasteiger partial charge in [-0.25, -0.2) is 8.78 Å². The molecule has 1 aliphatic rings. The van der Waals surface area contributed by atoms with Crippen LogP contribution in [-0.2, 0) is 10.3 Å². The second-order valence-electron chi connectivity index (χ2n) is 5.00. The first-order chi connectivity index (χ1) is 10.1. The van der Waals surface area contributed by atoms with Crippen LogP contribution in [-0.4, -0.2) is 6.61 Å². The second kappa shape index (κ2) is 5.62. The Hall–Kier alpha value is -1.65. The van der Waals surface area contributed by atoms with Crippen molar-refractivity contribution in [2.75, 3.05) is 6.61 Å². The minimum atomic E-state index is -0.430. The first-order valence-electron chi connectivity index (χ1n) is 6.60. The lowest BCUT2D eigenvalue weighted by Crippen LogP contribution is -2.10. The minimum Gasteiger partial charge on any atom is -0.360 e. The molecule has 0 aliphatic carbocycles. The molecule has 2 aromatic rings. The summed E-state index contributed by atoms with van der Waals surface area (Å²) in [7, 11) is 0. The number of thioether (sulfide) groups is 1.